The second-order valence-corrected chi connectivity index (χ2v) is 12.9. The van der Waals surface area contributed by atoms with Gasteiger partial charge in [-0.3, -0.25) is 4.79 Å². The van der Waals surface area contributed by atoms with Crippen LogP contribution >= 0.6 is 11.3 Å². The number of benzene rings is 1. The predicted molar refractivity (Wildman–Crippen MR) is 169 cm³/mol. The number of pyridine rings is 1. The SMILES string of the molecule is COc1cc2nc(-c3csc(NC(C)C)n3)cc3c2cc1CCCCCOC(=O)N[C@@H](C(C)C)C(=O)N1C[C@@H](C[C@H]1C=O)O3. The average molecular weight is 624 g/mol. The fourth-order valence-electron chi connectivity index (χ4n) is 5.68. The molecule has 11 nitrogen and oxygen atoms in total. The van der Waals surface area contributed by atoms with Crippen molar-refractivity contribution in [3.63, 3.8) is 0 Å². The lowest BCUT2D eigenvalue weighted by Gasteiger charge is -2.28. The Hall–Kier alpha value is -3.93. The zero-order chi connectivity index (χ0) is 31.4. The van der Waals surface area contributed by atoms with Gasteiger partial charge in [-0.1, -0.05) is 13.8 Å². The molecule has 1 aromatic carbocycles. The third-order valence-electron chi connectivity index (χ3n) is 7.92. The van der Waals surface area contributed by atoms with Gasteiger partial charge in [-0.2, -0.15) is 0 Å². The van der Waals surface area contributed by atoms with E-state index < -0.39 is 24.3 Å². The normalized spacial score (nSPS) is 21.5. The maximum Gasteiger partial charge on any atom is 0.407 e. The first-order valence-electron chi connectivity index (χ1n) is 15.3. The predicted octanol–water partition coefficient (Wildman–Crippen LogP) is 5.21. The summed E-state index contributed by atoms with van der Waals surface area (Å²) in [5.41, 5.74) is 3.09. The first kappa shape index (κ1) is 31.5. The summed E-state index contributed by atoms with van der Waals surface area (Å²) in [6.07, 6.45) is 3.17. The van der Waals surface area contributed by atoms with Crippen LogP contribution in [-0.2, 0) is 20.7 Å². The van der Waals surface area contributed by atoms with E-state index >= 15 is 0 Å². The number of ether oxygens (including phenoxy) is 3. The van der Waals surface area contributed by atoms with Crippen LogP contribution in [0.4, 0.5) is 9.93 Å². The molecule has 1 fully saturated rings. The van der Waals surface area contributed by atoms with Gasteiger partial charge in [0, 0.05) is 35.4 Å². The highest BCUT2D eigenvalue weighted by molar-refractivity contribution is 7.14. The molecule has 44 heavy (non-hydrogen) atoms. The van der Waals surface area contributed by atoms with Gasteiger partial charge in [0.2, 0.25) is 5.91 Å². The van der Waals surface area contributed by atoms with Crippen LogP contribution in [0.3, 0.4) is 0 Å². The number of nitrogens with zero attached hydrogens (tertiary/aromatic N) is 3. The van der Waals surface area contributed by atoms with E-state index in [1.54, 1.807) is 7.11 Å². The van der Waals surface area contributed by atoms with Crippen LogP contribution in [-0.4, -0.2) is 77.6 Å². The van der Waals surface area contributed by atoms with Crippen molar-refractivity contribution in [1.82, 2.24) is 20.2 Å². The molecule has 236 valence electrons. The van der Waals surface area contributed by atoms with Crippen molar-refractivity contribution in [1.29, 1.82) is 0 Å². The van der Waals surface area contributed by atoms with Crippen LogP contribution in [0.1, 0.15) is 58.9 Å². The lowest BCUT2D eigenvalue weighted by atomic mass is 10.0. The van der Waals surface area contributed by atoms with Crippen molar-refractivity contribution < 1.29 is 28.6 Å². The zero-order valence-corrected chi connectivity index (χ0v) is 26.7. The summed E-state index contributed by atoms with van der Waals surface area (Å²) in [5, 5.41) is 9.65. The number of alkyl carbamates (subject to hydrolysis) is 1. The molecule has 2 aliphatic rings. The molecule has 0 unspecified atom stereocenters. The zero-order valence-electron chi connectivity index (χ0n) is 25.9. The van der Waals surface area contributed by atoms with Gasteiger partial charge in [0.1, 0.15) is 35.6 Å². The maximum atomic E-state index is 13.7. The third kappa shape index (κ3) is 7.06. The molecule has 12 heteroatoms. The Labute approximate surface area is 261 Å². The van der Waals surface area contributed by atoms with Crippen molar-refractivity contribution in [3.05, 3.63) is 29.1 Å². The second-order valence-electron chi connectivity index (χ2n) is 12.0. The Balaban J connectivity index is 1.56. The first-order valence-corrected chi connectivity index (χ1v) is 16.1. The average Bonchev–Trinajstić information content (AvgIpc) is 3.63. The Morgan fingerprint density at radius 1 is 1.11 bits per heavy atom. The summed E-state index contributed by atoms with van der Waals surface area (Å²) >= 11 is 1.51. The van der Waals surface area contributed by atoms with Crippen LogP contribution in [0.2, 0.25) is 0 Å². The fraction of sp³-hybridized carbons (Fsp3) is 0.531. The summed E-state index contributed by atoms with van der Waals surface area (Å²) in [4.78, 5) is 49.6. The molecule has 4 heterocycles. The summed E-state index contributed by atoms with van der Waals surface area (Å²) in [7, 11) is 1.65. The number of thiazole rings is 1. The van der Waals surface area contributed by atoms with Crippen molar-refractivity contribution in [2.45, 2.75) is 84.0 Å². The number of aryl methyl sites for hydroxylation is 1. The van der Waals surface area contributed by atoms with E-state index in [1.165, 1.54) is 16.2 Å². The number of carbonyl (C=O) groups is 3. The van der Waals surface area contributed by atoms with Crippen molar-refractivity contribution in [2.75, 3.05) is 25.6 Å². The molecular weight excluding hydrogens is 582 g/mol. The minimum absolute atomic E-state index is 0.198. The number of carbonyl (C=O) groups excluding carboxylic acids is 3. The van der Waals surface area contributed by atoms with Gasteiger partial charge in [0.05, 0.1) is 37.5 Å². The lowest BCUT2D eigenvalue weighted by molar-refractivity contribution is -0.137. The topological polar surface area (TPSA) is 132 Å². The highest BCUT2D eigenvalue weighted by Crippen LogP contribution is 2.37. The summed E-state index contributed by atoms with van der Waals surface area (Å²) in [6, 6.07) is 4.61. The summed E-state index contributed by atoms with van der Waals surface area (Å²) in [6.45, 7) is 8.27. The third-order valence-corrected chi connectivity index (χ3v) is 8.69. The van der Waals surface area contributed by atoms with Gasteiger partial charge in [-0.05, 0) is 57.1 Å². The molecular formula is C32H41N5O6S. The quantitative estimate of drug-likeness (QED) is 0.355. The maximum absolute atomic E-state index is 13.7. The first-order chi connectivity index (χ1) is 21.2. The van der Waals surface area contributed by atoms with Crippen LogP contribution in [0.25, 0.3) is 22.3 Å². The van der Waals surface area contributed by atoms with Crippen molar-refractivity contribution in [2.24, 2.45) is 5.92 Å². The van der Waals surface area contributed by atoms with Crippen LogP contribution in [0.5, 0.6) is 11.5 Å². The summed E-state index contributed by atoms with van der Waals surface area (Å²) in [5.74, 6) is 0.798. The molecule has 1 saturated heterocycles. The van der Waals surface area contributed by atoms with Crippen molar-refractivity contribution in [3.8, 4) is 22.9 Å². The number of fused-ring (bicyclic) bond motifs is 3. The molecule has 0 saturated carbocycles. The fourth-order valence-corrected chi connectivity index (χ4v) is 6.53. The van der Waals surface area contributed by atoms with E-state index in [1.807, 2.05) is 31.4 Å². The number of cyclic esters (lactones) is 1. The molecule has 2 aliphatic heterocycles. The van der Waals surface area contributed by atoms with Gasteiger partial charge in [-0.25, -0.2) is 14.8 Å². The Kier molecular flexibility index (Phi) is 9.87. The van der Waals surface area contributed by atoms with Crippen molar-refractivity contribution >= 4 is 45.7 Å². The number of rotatable bonds is 6. The van der Waals surface area contributed by atoms with E-state index in [9.17, 15) is 14.4 Å². The number of nitrogens with one attached hydrogen (secondary N) is 2. The molecule has 2 aromatic heterocycles. The minimum Gasteiger partial charge on any atom is -0.496 e. The molecule has 3 atom stereocenters. The van der Waals surface area contributed by atoms with E-state index in [4.69, 9.17) is 24.2 Å². The number of methoxy groups -OCH3 is 1. The number of hydrogen-bond donors (Lipinski definition) is 2. The van der Waals surface area contributed by atoms with E-state index in [-0.39, 0.29) is 31.0 Å². The van der Waals surface area contributed by atoms with E-state index in [0.717, 1.165) is 47.4 Å². The monoisotopic (exact) mass is 623 g/mol. The van der Waals surface area contributed by atoms with E-state index in [0.29, 0.717) is 35.5 Å². The van der Waals surface area contributed by atoms with Gasteiger partial charge in [0.15, 0.2) is 5.13 Å². The Morgan fingerprint density at radius 2 is 1.93 bits per heavy atom. The standard InChI is InChI=1S/C32H41N5O6S/c1-18(2)29-30(39)37-15-22(12-21(37)16-38)43-28-14-25(26-17-44-31(35-26)33-19(3)4)34-24-13-27(41-5)20(11-23(24)28)9-7-6-8-10-42-32(40)36-29/h11,13-14,16-19,21-22,29H,6-10,12,15H2,1-5H3,(H,33,35)(H,36,40)/t21-,22+,29-/m0/s1. The van der Waals surface area contributed by atoms with Gasteiger partial charge in [0.25, 0.3) is 0 Å². The highest BCUT2D eigenvalue weighted by atomic mass is 32.1. The van der Waals surface area contributed by atoms with Gasteiger partial charge < -0.3 is 34.5 Å². The van der Waals surface area contributed by atoms with Crippen LogP contribution < -0.4 is 20.1 Å². The molecule has 3 aromatic rings. The lowest BCUT2D eigenvalue weighted by Crippen LogP contribution is -2.53. The molecule has 0 aliphatic carbocycles. The van der Waals surface area contributed by atoms with Gasteiger partial charge in [-0.15, -0.1) is 11.3 Å². The number of hydrogen-bond acceptors (Lipinski definition) is 10. The largest absolute Gasteiger partial charge is 0.496 e. The molecule has 2 amide bonds. The molecule has 0 radical (unpaired) electrons. The number of anilines is 1. The van der Waals surface area contributed by atoms with Crippen LogP contribution in [0, 0.1) is 5.92 Å². The van der Waals surface area contributed by atoms with Crippen LogP contribution in [0.15, 0.2) is 23.6 Å². The van der Waals surface area contributed by atoms with E-state index in [2.05, 4.69) is 30.5 Å². The smallest absolute Gasteiger partial charge is 0.407 e. The van der Waals surface area contributed by atoms with Gasteiger partial charge >= 0.3 is 6.09 Å². The molecule has 0 spiro atoms. The number of amides is 2. The molecule has 5 rings (SSSR count). The Bertz CT molecular complexity index is 1510. The molecule has 4 bridgehead atoms. The highest BCUT2D eigenvalue weighted by Gasteiger charge is 2.40. The Morgan fingerprint density at radius 3 is 2.66 bits per heavy atom. The summed E-state index contributed by atoms with van der Waals surface area (Å²) < 4.78 is 17.8. The second kappa shape index (κ2) is 13.8. The molecule has 2 N–H and O–H groups in total. The number of aromatic nitrogens is 2. The number of aldehydes is 1. The minimum atomic E-state index is -0.829.